The van der Waals surface area contributed by atoms with Crippen LogP contribution < -0.4 is 5.32 Å². The van der Waals surface area contributed by atoms with Crippen LogP contribution >= 0.6 is 0 Å². The molecule has 0 bridgehead atoms. The van der Waals surface area contributed by atoms with Crippen molar-refractivity contribution in [1.29, 1.82) is 0 Å². The van der Waals surface area contributed by atoms with Crippen LogP contribution in [0.2, 0.25) is 0 Å². The van der Waals surface area contributed by atoms with E-state index in [2.05, 4.69) is 26.1 Å². The number of benzene rings is 1. The number of rotatable bonds is 4. The SMILES string of the molecule is CC(C)(C)NCC(c1ccccc1F)C1CCS(=O)(=O)C1. The van der Waals surface area contributed by atoms with Gasteiger partial charge in [0, 0.05) is 18.0 Å². The standard InChI is InChI=1S/C16H24FNO2S/c1-16(2,3)18-10-14(12-8-9-21(19,20)11-12)13-6-4-5-7-15(13)17/h4-7,12,14,18H,8-11H2,1-3H3. The van der Waals surface area contributed by atoms with E-state index in [1.54, 1.807) is 12.1 Å². The number of hydrogen-bond acceptors (Lipinski definition) is 3. The number of halogens is 1. The third kappa shape index (κ3) is 4.51. The molecule has 1 fully saturated rings. The van der Waals surface area contributed by atoms with E-state index in [9.17, 15) is 12.8 Å². The molecule has 21 heavy (non-hydrogen) atoms. The first-order valence-electron chi connectivity index (χ1n) is 7.38. The molecule has 0 amide bonds. The predicted octanol–water partition coefficient (Wildman–Crippen LogP) is 2.73. The van der Waals surface area contributed by atoms with Crippen molar-refractivity contribution in [3.05, 3.63) is 35.6 Å². The fourth-order valence-corrected chi connectivity index (χ4v) is 4.74. The highest BCUT2D eigenvalue weighted by Gasteiger charge is 2.35. The van der Waals surface area contributed by atoms with Gasteiger partial charge in [-0.2, -0.15) is 0 Å². The molecule has 2 atom stereocenters. The fraction of sp³-hybridized carbons (Fsp3) is 0.625. The summed E-state index contributed by atoms with van der Waals surface area (Å²) < 4.78 is 37.6. The summed E-state index contributed by atoms with van der Waals surface area (Å²) >= 11 is 0. The van der Waals surface area contributed by atoms with Crippen LogP contribution in [0, 0.1) is 11.7 Å². The molecule has 1 aliphatic rings. The number of hydrogen-bond donors (Lipinski definition) is 1. The van der Waals surface area contributed by atoms with Crippen LogP contribution in [0.15, 0.2) is 24.3 Å². The highest BCUT2D eigenvalue weighted by molar-refractivity contribution is 7.91. The van der Waals surface area contributed by atoms with Crippen LogP contribution in [-0.4, -0.2) is 32.0 Å². The molecule has 0 saturated carbocycles. The second kappa shape index (κ2) is 6.05. The summed E-state index contributed by atoms with van der Waals surface area (Å²) in [5, 5.41) is 3.39. The van der Waals surface area contributed by atoms with Gasteiger partial charge in [-0.05, 0) is 44.7 Å². The van der Waals surface area contributed by atoms with Gasteiger partial charge in [-0.1, -0.05) is 18.2 Å². The van der Waals surface area contributed by atoms with Crippen molar-refractivity contribution < 1.29 is 12.8 Å². The molecule has 5 heteroatoms. The van der Waals surface area contributed by atoms with Crippen molar-refractivity contribution in [2.45, 2.75) is 38.6 Å². The Morgan fingerprint density at radius 3 is 2.52 bits per heavy atom. The normalized spacial score (nSPS) is 23.1. The Morgan fingerprint density at radius 1 is 1.33 bits per heavy atom. The van der Waals surface area contributed by atoms with Crippen LogP contribution in [0.4, 0.5) is 4.39 Å². The van der Waals surface area contributed by atoms with E-state index >= 15 is 0 Å². The van der Waals surface area contributed by atoms with Gasteiger partial charge in [-0.3, -0.25) is 0 Å². The zero-order valence-corrected chi connectivity index (χ0v) is 13.7. The molecular formula is C16H24FNO2S. The Bertz CT molecular complexity index is 593. The molecular weight excluding hydrogens is 289 g/mol. The molecule has 118 valence electrons. The van der Waals surface area contributed by atoms with Gasteiger partial charge in [0.05, 0.1) is 11.5 Å². The van der Waals surface area contributed by atoms with Crippen LogP contribution in [0.5, 0.6) is 0 Å². The topological polar surface area (TPSA) is 46.2 Å². The maximum Gasteiger partial charge on any atom is 0.150 e. The molecule has 0 aliphatic carbocycles. The van der Waals surface area contributed by atoms with E-state index in [1.165, 1.54) is 6.07 Å². The predicted molar refractivity (Wildman–Crippen MR) is 83.7 cm³/mol. The fourth-order valence-electron chi connectivity index (χ4n) is 2.86. The average Bonchev–Trinajstić information content (AvgIpc) is 2.71. The molecule has 0 radical (unpaired) electrons. The van der Waals surface area contributed by atoms with Gasteiger partial charge < -0.3 is 5.32 Å². The van der Waals surface area contributed by atoms with Crippen molar-refractivity contribution in [1.82, 2.24) is 5.32 Å². The van der Waals surface area contributed by atoms with Gasteiger partial charge in [0.15, 0.2) is 9.84 Å². The first-order valence-corrected chi connectivity index (χ1v) is 9.20. The van der Waals surface area contributed by atoms with Crippen molar-refractivity contribution in [2.75, 3.05) is 18.1 Å². The molecule has 0 spiro atoms. The summed E-state index contributed by atoms with van der Waals surface area (Å²) in [7, 11) is -2.97. The van der Waals surface area contributed by atoms with Crippen molar-refractivity contribution >= 4 is 9.84 Å². The summed E-state index contributed by atoms with van der Waals surface area (Å²) in [6.45, 7) is 6.75. The van der Waals surface area contributed by atoms with Crippen molar-refractivity contribution in [3.63, 3.8) is 0 Å². The van der Waals surface area contributed by atoms with Crippen LogP contribution in [0.3, 0.4) is 0 Å². The Balaban J connectivity index is 2.25. The lowest BCUT2D eigenvalue weighted by Crippen LogP contribution is -2.40. The minimum absolute atomic E-state index is 0.0123. The smallest absolute Gasteiger partial charge is 0.150 e. The van der Waals surface area contributed by atoms with E-state index in [0.29, 0.717) is 18.5 Å². The molecule has 2 rings (SSSR count). The highest BCUT2D eigenvalue weighted by atomic mass is 32.2. The summed E-state index contributed by atoms with van der Waals surface area (Å²) in [6, 6.07) is 6.70. The Hall–Kier alpha value is -0.940. The lowest BCUT2D eigenvalue weighted by Gasteiger charge is -2.29. The third-order valence-corrected chi connectivity index (χ3v) is 5.79. The van der Waals surface area contributed by atoms with Gasteiger partial charge >= 0.3 is 0 Å². The maximum atomic E-state index is 14.1. The number of sulfone groups is 1. The molecule has 3 nitrogen and oxygen atoms in total. The van der Waals surface area contributed by atoms with E-state index in [0.717, 1.165) is 0 Å². The Kier molecular flexibility index (Phi) is 4.73. The Labute approximate surface area is 126 Å². The minimum atomic E-state index is -2.97. The molecule has 1 N–H and O–H groups in total. The van der Waals surface area contributed by atoms with E-state index in [4.69, 9.17) is 0 Å². The Morgan fingerprint density at radius 2 is 2.00 bits per heavy atom. The molecule has 1 heterocycles. The van der Waals surface area contributed by atoms with E-state index < -0.39 is 9.84 Å². The van der Waals surface area contributed by atoms with E-state index in [-0.39, 0.29) is 34.7 Å². The minimum Gasteiger partial charge on any atom is -0.311 e. The molecule has 0 aromatic heterocycles. The first kappa shape index (κ1) is 16.4. The lowest BCUT2D eigenvalue weighted by atomic mass is 9.84. The quantitative estimate of drug-likeness (QED) is 0.930. The van der Waals surface area contributed by atoms with E-state index in [1.807, 2.05) is 6.07 Å². The second-order valence-corrected chi connectivity index (χ2v) is 9.15. The largest absolute Gasteiger partial charge is 0.311 e. The van der Waals surface area contributed by atoms with Gasteiger partial charge in [0.1, 0.15) is 5.82 Å². The van der Waals surface area contributed by atoms with Crippen LogP contribution in [0.1, 0.15) is 38.7 Å². The zero-order valence-electron chi connectivity index (χ0n) is 12.9. The van der Waals surface area contributed by atoms with Gasteiger partial charge in [0.25, 0.3) is 0 Å². The highest BCUT2D eigenvalue weighted by Crippen LogP contribution is 2.34. The molecule has 1 aromatic rings. The number of nitrogens with one attached hydrogen (secondary N) is 1. The monoisotopic (exact) mass is 313 g/mol. The lowest BCUT2D eigenvalue weighted by molar-refractivity contribution is 0.357. The summed E-state index contributed by atoms with van der Waals surface area (Å²) in [4.78, 5) is 0. The molecule has 1 aromatic carbocycles. The molecule has 1 saturated heterocycles. The third-order valence-electron chi connectivity index (χ3n) is 3.99. The summed E-state index contributed by atoms with van der Waals surface area (Å²) in [5.41, 5.74) is 0.539. The van der Waals surface area contributed by atoms with Crippen LogP contribution in [-0.2, 0) is 9.84 Å². The average molecular weight is 313 g/mol. The van der Waals surface area contributed by atoms with Crippen molar-refractivity contribution in [2.24, 2.45) is 5.92 Å². The summed E-state index contributed by atoms with van der Waals surface area (Å²) in [6.07, 6.45) is 0.618. The molecule has 2 unspecified atom stereocenters. The van der Waals surface area contributed by atoms with Gasteiger partial charge in [-0.15, -0.1) is 0 Å². The molecule has 1 aliphatic heterocycles. The van der Waals surface area contributed by atoms with Gasteiger partial charge in [-0.25, -0.2) is 12.8 Å². The summed E-state index contributed by atoms with van der Waals surface area (Å²) in [5.74, 6) is 0.0163. The maximum absolute atomic E-state index is 14.1. The second-order valence-electron chi connectivity index (χ2n) is 6.92. The first-order chi connectivity index (χ1) is 9.68. The van der Waals surface area contributed by atoms with Gasteiger partial charge in [0.2, 0.25) is 0 Å². The van der Waals surface area contributed by atoms with Crippen LogP contribution in [0.25, 0.3) is 0 Å². The zero-order chi connectivity index (χ0) is 15.7. The van der Waals surface area contributed by atoms with Crippen molar-refractivity contribution in [3.8, 4) is 0 Å².